The lowest BCUT2D eigenvalue weighted by molar-refractivity contribution is -0.133. The van der Waals surface area contributed by atoms with Crippen LogP contribution < -0.4 is 5.32 Å². The number of ether oxygens (including phenoxy) is 1. The maximum absolute atomic E-state index is 13.4. The number of carbonyl (C=O) groups excluding carboxylic acids is 1. The number of nitrogens with one attached hydrogen (secondary N) is 1. The summed E-state index contributed by atoms with van der Waals surface area (Å²) in [7, 11) is 1.44. The summed E-state index contributed by atoms with van der Waals surface area (Å²) in [6.45, 7) is 5.02. The summed E-state index contributed by atoms with van der Waals surface area (Å²) in [6.07, 6.45) is 0. The summed E-state index contributed by atoms with van der Waals surface area (Å²) in [6, 6.07) is 4.64. The molecule has 1 aromatic rings. The Morgan fingerprint density at radius 1 is 1.44 bits per heavy atom. The Hall–Kier alpha value is -1.42. The number of carbonyl (C=O) groups is 1. The lowest BCUT2D eigenvalue weighted by Gasteiger charge is -2.21. The predicted octanol–water partition coefficient (Wildman–Crippen LogP) is 2.50. The Morgan fingerprint density at radius 2 is 2.06 bits per heavy atom. The molecule has 0 radical (unpaired) electrons. The SMILES string of the molecule is COC(C)(C)C(=O)Nc1ccc(C)cc1F. The smallest absolute Gasteiger partial charge is 0.256 e. The van der Waals surface area contributed by atoms with Gasteiger partial charge in [0.2, 0.25) is 0 Å². The van der Waals surface area contributed by atoms with Gasteiger partial charge < -0.3 is 10.1 Å². The van der Waals surface area contributed by atoms with Gasteiger partial charge in [-0.2, -0.15) is 0 Å². The number of anilines is 1. The number of methoxy groups -OCH3 is 1. The maximum Gasteiger partial charge on any atom is 0.256 e. The Kier molecular flexibility index (Phi) is 3.65. The van der Waals surface area contributed by atoms with Crippen LogP contribution in [0.5, 0.6) is 0 Å². The predicted molar refractivity (Wildman–Crippen MR) is 60.9 cm³/mol. The molecule has 0 saturated carbocycles. The van der Waals surface area contributed by atoms with E-state index in [1.165, 1.54) is 19.2 Å². The zero-order chi connectivity index (χ0) is 12.3. The second kappa shape index (κ2) is 4.61. The molecule has 88 valence electrons. The average molecular weight is 225 g/mol. The van der Waals surface area contributed by atoms with E-state index in [1.54, 1.807) is 26.8 Å². The summed E-state index contributed by atoms with van der Waals surface area (Å²) in [5.41, 5.74) is -0.000592. The first-order chi connectivity index (χ1) is 7.36. The standard InChI is InChI=1S/C12H16FNO2/c1-8-5-6-10(9(13)7-8)14-11(15)12(2,3)16-4/h5-7H,1-4H3,(H,14,15). The number of hydrogen-bond donors (Lipinski definition) is 1. The van der Waals surface area contributed by atoms with E-state index < -0.39 is 11.4 Å². The third kappa shape index (κ3) is 2.79. The van der Waals surface area contributed by atoms with E-state index >= 15 is 0 Å². The molecule has 0 aliphatic rings. The van der Waals surface area contributed by atoms with Crippen molar-refractivity contribution >= 4 is 11.6 Å². The van der Waals surface area contributed by atoms with Crippen molar-refractivity contribution in [3.63, 3.8) is 0 Å². The second-order valence-corrected chi connectivity index (χ2v) is 4.15. The highest BCUT2D eigenvalue weighted by molar-refractivity contribution is 5.96. The van der Waals surface area contributed by atoms with Crippen molar-refractivity contribution < 1.29 is 13.9 Å². The van der Waals surface area contributed by atoms with Gasteiger partial charge in [-0.05, 0) is 38.5 Å². The molecule has 0 fully saturated rings. The van der Waals surface area contributed by atoms with Gasteiger partial charge in [-0.25, -0.2) is 4.39 Å². The van der Waals surface area contributed by atoms with Gasteiger partial charge in [-0.3, -0.25) is 4.79 Å². The number of halogens is 1. The fraction of sp³-hybridized carbons (Fsp3) is 0.417. The van der Waals surface area contributed by atoms with Crippen LogP contribution in [0.1, 0.15) is 19.4 Å². The molecule has 0 aromatic heterocycles. The van der Waals surface area contributed by atoms with Crippen LogP contribution in [0.2, 0.25) is 0 Å². The fourth-order valence-corrected chi connectivity index (χ4v) is 1.09. The zero-order valence-electron chi connectivity index (χ0n) is 9.93. The van der Waals surface area contributed by atoms with Gasteiger partial charge in [0, 0.05) is 7.11 Å². The first-order valence-corrected chi connectivity index (χ1v) is 4.99. The van der Waals surface area contributed by atoms with Crippen molar-refractivity contribution in [2.24, 2.45) is 0 Å². The molecule has 0 bridgehead atoms. The van der Waals surface area contributed by atoms with Crippen molar-refractivity contribution in [2.45, 2.75) is 26.4 Å². The lowest BCUT2D eigenvalue weighted by Crippen LogP contribution is -2.39. The van der Waals surface area contributed by atoms with Gasteiger partial charge in [0.1, 0.15) is 11.4 Å². The zero-order valence-corrected chi connectivity index (χ0v) is 9.93. The van der Waals surface area contributed by atoms with Crippen LogP contribution in [0.15, 0.2) is 18.2 Å². The summed E-state index contributed by atoms with van der Waals surface area (Å²) >= 11 is 0. The van der Waals surface area contributed by atoms with Gasteiger partial charge in [0.15, 0.2) is 0 Å². The van der Waals surface area contributed by atoms with Crippen molar-refractivity contribution in [1.29, 1.82) is 0 Å². The summed E-state index contributed by atoms with van der Waals surface area (Å²) in [5, 5.41) is 2.49. The number of aryl methyl sites for hydroxylation is 1. The van der Waals surface area contributed by atoms with Gasteiger partial charge in [0.05, 0.1) is 5.69 Å². The molecule has 0 aliphatic heterocycles. The third-order valence-corrected chi connectivity index (χ3v) is 2.43. The molecule has 1 amide bonds. The maximum atomic E-state index is 13.4. The fourth-order valence-electron chi connectivity index (χ4n) is 1.09. The van der Waals surface area contributed by atoms with Gasteiger partial charge >= 0.3 is 0 Å². The Balaban J connectivity index is 2.85. The van der Waals surface area contributed by atoms with Crippen LogP contribution in [-0.4, -0.2) is 18.6 Å². The van der Waals surface area contributed by atoms with E-state index in [9.17, 15) is 9.18 Å². The molecule has 0 aliphatic carbocycles. The number of benzene rings is 1. The van der Waals surface area contributed by atoms with Crippen LogP contribution in [0.25, 0.3) is 0 Å². The lowest BCUT2D eigenvalue weighted by atomic mass is 10.1. The van der Waals surface area contributed by atoms with Crippen molar-refractivity contribution in [3.05, 3.63) is 29.6 Å². The van der Waals surface area contributed by atoms with Crippen LogP contribution in [0.3, 0.4) is 0 Å². The molecular weight excluding hydrogens is 209 g/mol. The summed E-state index contributed by atoms with van der Waals surface area (Å²) in [4.78, 5) is 11.7. The van der Waals surface area contributed by atoms with Gasteiger partial charge in [-0.1, -0.05) is 6.07 Å². The molecule has 16 heavy (non-hydrogen) atoms. The summed E-state index contributed by atoms with van der Waals surface area (Å²) in [5.74, 6) is -0.821. The van der Waals surface area contributed by atoms with E-state index in [2.05, 4.69) is 5.32 Å². The van der Waals surface area contributed by atoms with E-state index in [-0.39, 0.29) is 11.6 Å². The largest absolute Gasteiger partial charge is 0.369 e. The highest BCUT2D eigenvalue weighted by atomic mass is 19.1. The number of hydrogen-bond acceptors (Lipinski definition) is 2. The topological polar surface area (TPSA) is 38.3 Å². The molecule has 0 heterocycles. The van der Waals surface area contributed by atoms with Crippen molar-refractivity contribution in [1.82, 2.24) is 0 Å². The molecule has 1 aromatic carbocycles. The Labute approximate surface area is 94.6 Å². The third-order valence-electron chi connectivity index (χ3n) is 2.43. The highest BCUT2D eigenvalue weighted by Crippen LogP contribution is 2.18. The molecule has 0 unspecified atom stereocenters. The molecule has 0 atom stereocenters. The quantitative estimate of drug-likeness (QED) is 0.858. The minimum atomic E-state index is -0.975. The normalized spacial score (nSPS) is 11.3. The van der Waals surface area contributed by atoms with Crippen LogP contribution in [-0.2, 0) is 9.53 Å². The van der Waals surface area contributed by atoms with Crippen molar-refractivity contribution in [3.8, 4) is 0 Å². The summed E-state index contributed by atoms with van der Waals surface area (Å²) < 4.78 is 18.4. The molecule has 0 spiro atoms. The molecule has 4 heteroatoms. The first kappa shape index (κ1) is 12.6. The van der Waals surface area contributed by atoms with Crippen LogP contribution >= 0.6 is 0 Å². The van der Waals surface area contributed by atoms with Gasteiger partial charge in [-0.15, -0.1) is 0 Å². The van der Waals surface area contributed by atoms with E-state index in [0.29, 0.717) is 0 Å². The molecule has 1 rings (SSSR count). The molecule has 0 saturated heterocycles. The molecule has 3 nitrogen and oxygen atoms in total. The monoisotopic (exact) mass is 225 g/mol. The number of rotatable bonds is 3. The Morgan fingerprint density at radius 3 is 2.56 bits per heavy atom. The van der Waals surface area contributed by atoms with E-state index in [1.807, 2.05) is 0 Å². The van der Waals surface area contributed by atoms with Gasteiger partial charge in [0.25, 0.3) is 5.91 Å². The van der Waals surface area contributed by atoms with Crippen molar-refractivity contribution in [2.75, 3.05) is 12.4 Å². The average Bonchev–Trinajstić information content (AvgIpc) is 2.22. The minimum absolute atomic E-state index is 0.167. The van der Waals surface area contributed by atoms with Crippen LogP contribution in [0.4, 0.5) is 10.1 Å². The first-order valence-electron chi connectivity index (χ1n) is 4.99. The van der Waals surface area contributed by atoms with E-state index in [0.717, 1.165) is 5.56 Å². The van der Waals surface area contributed by atoms with E-state index in [4.69, 9.17) is 4.74 Å². The Bertz CT molecular complexity index is 402. The second-order valence-electron chi connectivity index (χ2n) is 4.15. The van der Waals surface area contributed by atoms with Crippen LogP contribution in [0, 0.1) is 12.7 Å². The minimum Gasteiger partial charge on any atom is -0.369 e. The molecule has 1 N–H and O–H groups in total. The molecular formula is C12H16FNO2. The highest BCUT2D eigenvalue weighted by Gasteiger charge is 2.27. The number of amides is 1.